The number of ether oxygens (including phenoxy) is 1. The van der Waals surface area contributed by atoms with Crippen molar-refractivity contribution in [2.24, 2.45) is 0 Å². The molecule has 0 unspecified atom stereocenters. The van der Waals surface area contributed by atoms with Gasteiger partial charge in [0.15, 0.2) is 0 Å². The lowest BCUT2D eigenvalue weighted by Crippen LogP contribution is -2.10. The van der Waals surface area contributed by atoms with E-state index in [0.717, 1.165) is 18.4 Å². The van der Waals surface area contributed by atoms with E-state index in [2.05, 4.69) is 0 Å². The summed E-state index contributed by atoms with van der Waals surface area (Å²) in [6.07, 6.45) is 1.79. The lowest BCUT2D eigenvalue weighted by molar-refractivity contribution is -0.136. The van der Waals surface area contributed by atoms with Crippen LogP contribution in [0.3, 0.4) is 0 Å². The van der Waals surface area contributed by atoms with Crippen LogP contribution < -0.4 is 0 Å². The highest BCUT2D eigenvalue weighted by Gasteiger charge is 2.47. The molecule has 2 rings (SSSR count). The third-order valence-electron chi connectivity index (χ3n) is 2.33. The molecule has 1 aliphatic carbocycles. The fourth-order valence-electron chi connectivity index (χ4n) is 1.45. The van der Waals surface area contributed by atoms with Gasteiger partial charge in [-0.2, -0.15) is 0 Å². The summed E-state index contributed by atoms with van der Waals surface area (Å²) in [6.45, 7) is 0.508. The van der Waals surface area contributed by atoms with Crippen molar-refractivity contribution >= 4 is 18.1 Å². The Balaban J connectivity index is 2.29. The molecule has 1 aliphatic rings. The number of rotatable bonds is 3. The van der Waals surface area contributed by atoms with E-state index in [9.17, 15) is 4.79 Å². The van der Waals surface area contributed by atoms with Crippen molar-refractivity contribution in [3.05, 3.63) is 34.9 Å². The first-order valence-electron chi connectivity index (χ1n) is 4.14. The van der Waals surface area contributed by atoms with Crippen molar-refractivity contribution in [3.8, 4) is 0 Å². The van der Waals surface area contributed by atoms with Gasteiger partial charge in [-0.15, -0.1) is 0 Å². The van der Waals surface area contributed by atoms with Crippen molar-refractivity contribution in [2.45, 2.75) is 18.4 Å². The van der Waals surface area contributed by atoms with Crippen LogP contribution in [0, 0.1) is 0 Å². The van der Waals surface area contributed by atoms with Crippen LogP contribution in [-0.2, 0) is 15.1 Å². The van der Waals surface area contributed by atoms with Gasteiger partial charge in [0, 0.05) is 5.02 Å². The zero-order valence-electron chi connectivity index (χ0n) is 7.00. The van der Waals surface area contributed by atoms with Crippen molar-refractivity contribution in [2.75, 3.05) is 0 Å². The van der Waals surface area contributed by atoms with E-state index in [1.165, 1.54) is 0 Å². The molecule has 2 nitrogen and oxygen atoms in total. The lowest BCUT2D eigenvalue weighted by Gasteiger charge is -2.13. The van der Waals surface area contributed by atoms with Gasteiger partial charge in [0.1, 0.15) is 5.60 Å². The van der Waals surface area contributed by atoms with Crippen LogP contribution in [0.5, 0.6) is 0 Å². The highest BCUT2D eigenvalue weighted by atomic mass is 35.5. The van der Waals surface area contributed by atoms with Gasteiger partial charge in [-0.05, 0) is 30.5 Å². The SMILES string of the molecule is O=COC1(c2cccc(Cl)c2)CC1. The number of hydrogen-bond donors (Lipinski definition) is 0. The Morgan fingerprint density at radius 3 is 2.77 bits per heavy atom. The molecule has 3 heteroatoms. The molecule has 0 heterocycles. The number of carbonyl (C=O) groups is 1. The fraction of sp³-hybridized carbons (Fsp3) is 0.300. The average Bonchev–Trinajstić information content (AvgIpc) is 2.86. The van der Waals surface area contributed by atoms with E-state index < -0.39 is 0 Å². The average molecular weight is 197 g/mol. The second-order valence-electron chi connectivity index (χ2n) is 3.22. The number of halogens is 1. The van der Waals surface area contributed by atoms with E-state index in [4.69, 9.17) is 16.3 Å². The molecule has 0 atom stereocenters. The standard InChI is InChI=1S/C10H9ClO2/c11-9-3-1-2-8(6-9)10(4-5-10)13-7-12/h1-3,6-7H,4-5H2. The van der Waals surface area contributed by atoms with Gasteiger partial charge in [0.25, 0.3) is 6.47 Å². The van der Waals surface area contributed by atoms with Gasteiger partial charge in [0.05, 0.1) is 0 Å². The molecule has 0 aliphatic heterocycles. The van der Waals surface area contributed by atoms with Crippen LogP contribution in [0.1, 0.15) is 18.4 Å². The zero-order valence-corrected chi connectivity index (χ0v) is 7.75. The molecule has 13 heavy (non-hydrogen) atoms. The van der Waals surface area contributed by atoms with Crippen LogP contribution >= 0.6 is 11.6 Å². The molecule has 0 spiro atoms. The van der Waals surface area contributed by atoms with Crippen molar-refractivity contribution in [1.29, 1.82) is 0 Å². The third kappa shape index (κ3) is 1.54. The minimum Gasteiger partial charge on any atom is -0.456 e. The smallest absolute Gasteiger partial charge is 0.293 e. The van der Waals surface area contributed by atoms with Crippen LogP contribution in [-0.4, -0.2) is 6.47 Å². The van der Waals surface area contributed by atoms with Crippen molar-refractivity contribution < 1.29 is 9.53 Å². The summed E-state index contributed by atoms with van der Waals surface area (Å²) in [5.74, 6) is 0. The molecule has 0 N–H and O–H groups in total. The van der Waals surface area contributed by atoms with Gasteiger partial charge < -0.3 is 4.74 Å². The van der Waals surface area contributed by atoms with Gasteiger partial charge in [-0.1, -0.05) is 23.7 Å². The molecule has 1 fully saturated rings. The van der Waals surface area contributed by atoms with E-state index in [1.54, 1.807) is 0 Å². The zero-order chi connectivity index (χ0) is 9.31. The molecular formula is C10H9ClO2. The molecular weight excluding hydrogens is 188 g/mol. The summed E-state index contributed by atoms with van der Waals surface area (Å²) >= 11 is 5.83. The lowest BCUT2D eigenvalue weighted by atomic mass is 10.1. The predicted molar refractivity (Wildman–Crippen MR) is 49.5 cm³/mol. The maximum absolute atomic E-state index is 10.3. The van der Waals surface area contributed by atoms with Crippen LogP contribution in [0.2, 0.25) is 5.02 Å². The van der Waals surface area contributed by atoms with E-state index >= 15 is 0 Å². The second-order valence-corrected chi connectivity index (χ2v) is 3.66. The maximum Gasteiger partial charge on any atom is 0.293 e. The largest absolute Gasteiger partial charge is 0.456 e. The Morgan fingerprint density at radius 2 is 2.23 bits per heavy atom. The first-order chi connectivity index (χ1) is 6.27. The molecule has 68 valence electrons. The Labute approximate surface area is 81.5 Å². The summed E-state index contributed by atoms with van der Waals surface area (Å²) < 4.78 is 5.04. The van der Waals surface area contributed by atoms with Crippen LogP contribution in [0.25, 0.3) is 0 Å². The Kier molecular flexibility index (Phi) is 2.00. The summed E-state index contributed by atoms with van der Waals surface area (Å²) in [5, 5.41) is 0.679. The maximum atomic E-state index is 10.3. The summed E-state index contributed by atoms with van der Waals surface area (Å²) in [5.41, 5.74) is 0.624. The van der Waals surface area contributed by atoms with E-state index in [1.807, 2.05) is 24.3 Å². The first kappa shape index (κ1) is 8.57. The minimum atomic E-state index is -0.368. The molecule has 0 radical (unpaired) electrons. The van der Waals surface area contributed by atoms with Crippen molar-refractivity contribution in [3.63, 3.8) is 0 Å². The quantitative estimate of drug-likeness (QED) is 0.695. The molecule has 0 amide bonds. The molecule has 1 saturated carbocycles. The monoisotopic (exact) mass is 196 g/mol. The first-order valence-corrected chi connectivity index (χ1v) is 4.52. The Morgan fingerprint density at radius 1 is 1.46 bits per heavy atom. The highest BCUT2D eigenvalue weighted by Crippen LogP contribution is 2.49. The summed E-state index contributed by atoms with van der Waals surface area (Å²) in [4.78, 5) is 10.3. The Bertz CT molecular complexity index is 331. The number of carbonyl (C=O) groups excluding carboxylic acids is 1. The highest BCUT2D eigenvalue weighted by molar-refractivity contribution is 6.30. The van der Waals surface area contributed by atoms with Gasteiger partial charge >= 0.3 is 0 Å². The Hall–Kier alpha value is -1.02. The molecule has 0 saturated heterocycles. The molecule has 0 bridgehead atoms. The molecule has 1 aromatic carbocycles. The van der Waals surface area contributed by atoms with E-state index in [-0.39, 0.29) is 5.60 Å². The summed E-state index contributed by atoms with van der Waals surface area (Å²) in [6, 6.07) is 7.45. The van der Waals surface area contributed by atoms with Gasteiger partial charge in [-0.3, -0.25) is 4.79 Å². The second kappa shape index (κ2) is 3.04. The normalized spacial score (nSPS) is 17.9. The topological polar surface area (TPSA) is 26.3 Å². The minimum absolute atomic E-state index is 0.368. The predicted octanol–water partition coefficient (Wildman–Crippen LogP) is 2.50. The molecule has 1 aromatic rings. The van der Waals surface area contributed by atoms with E-state index in [0.29, 0.717) is 11.5 Å². The number of hydrogen-bond acceptors (Lipinski definition) is 2. The third-order valence-corrected chi connectivity index (χ3v) is 2.56. The summed E-state index contributed by atoms with van der Waals surface area (Å²) in [7, 11) is 0. The van der Waals surface area contributed by atoms with Crippen LogP contribution in [0.15, 0.2) is 24.3 Å². The van der Waals surface area contributed by atoms with Crippen molar-refractivity contribution in [1.82, 2.24) is 0 Å². The number of benzene rings is 1. The van der Waals surface area contributed by atoms with Gasteiger partial charge in [-0.25, -0.2) is 0 Å². The van der Waals surface area contributed by atoms with Crippen LogP contribution in [0.4, 0.5) is 0 Å². The fourth-order valence-corrected chi connectivity index (χ4v) is 1.64. The van der Waals surface area contributed by atoms with Gasteiger partial charge in [0.2, 0.25) is 0 Å². The molecule has 0 aromatic heterocycles.